The van der Waals surface area contributed by atoms with Crippen molar-refractivity contribution in [1.29, 1.82) is 0 Å². The zero-order chi connectivity index (χ0) is 9.73. The molecule has 0 bridgehead atoms. The molecule has 1 saturated heterocycles. The van der Waals surface area contributed by atoms with E-state index in [2.05, 4.69) is 18.2 Å². The number of unbranched alkanes of at least 4 members (excludes halogenated alkanes) is 1. The second-order valence-electron chi connectivity index (χ2n) is 4.02. The number of rotatable bonds is 3. The van der Waals surface area contributed by atoms with Crippen molar-refractivity contribution in [2.45, 2.75) is 38.2 Å². The first-order valence-electron chi connectivity index (χ1n) is 5.05. The van der Waals surface area contributed by atoms with E-state index in [1.807, 2.05) is 0 Å². The molecule has 0 aliphatic carbocycles. The Morgan fingerprint density at radius 2 is 2.46 bits per heavy atom. The van der Waals surface area contributed by atoms with Crippen molar-refractivity contribution in [1.82, 2.24) is 5.32 Å². The van der Waals surface area contributed by atoms with E-state index in [4.69, 9.17) is 6.42 Å². The molecule has 13 heavy (non-hydrogen) atoms. The lowest BCUT2D eigenvalue weighted by atomic mass is 9.79. The number of piperidine rings is 1. The van der Waals surface area contributed by atoms with Crippen LogP contribution in [0.25, 0.3) is 0 Å². The second-order valence-corrected chi connectivity index (χ2v) is 4.02. The molecule has 2 nitrogen and oxygen atoms in total. The van der Waals surface area contributed by atoms with Crippen molar-refractivity contribution in [3.8, 4) is 12.3 Å². The molecule has 1 aliphatic rings. The van der Waals surface area contributed by atoms with Crippen LogP contribution in [0.3, 0.4) is 0 Å². The van der Waals surface area contributed by atoms with Crippen molar-refractivity contribution < 1.29 is 5.11 Å². The van der Waals surface area contributed by atoms with Gasteiger partial charge in [-0.15, -0.1) is 12.3 Å². The molecule has 74 valence electrons. The minimum Gasteiger partial charge on any atom is -0.390 e. The third-order valence-corrected chi connectivity index (χ3v) is 3.03. The molecule has 0 aromatic heterocycles. The minimum absolute atomic E-state index is 0.346. The lowest BCUT2D eigenvalue weighted by molar-refractivity contribution is -0.0415. The van der Waals surface area contributed by atoms with Gasteiger partial charge in [-0.25, -0.2) is 0 Å². The predicted octanol–water partition coefficient (Wildman–Crippen LogP) is 1.15. The van der Waals surface area contributed by atoms with Gasteiger partial charge in [0.2, 0.25) is 0 Å². The normalized spacial score (nSPS) is 34.1. The van der Waals surface area contributed by atoms with Gasteiger partial charge in [-0.2, -0.15) is 0 Å². The summed E-state index contributed by atoms with van der Waals surface area (Å²) in [5, 5.41) is 13.5. The maximum atomic E-state index is 10.3. The minimum atomic E-state index is -0.470. The van der Waals surface area contributed by atoms with E-state index in [-0.39, 0.29) is 0 Å². The third kappa shape index (κ3) is 2.72. The van der Waals surface area contributed by atoms with E-state index >= 15 is 0 Å². The zero-order valence-corrected chi connectivity index (χ0v) is 8.34. The fraction of sp³-hybridized carbons (Fsp3) is 0.818. The SMILES string of the molecule is C#CCCCC1(O)CCNCC1C. The number of aliphatic hydroxyl groups is 1. The average molecular weight is 181 g/mol. The van der Waals surface area contributed by atoms with E-state index < -0.39 is 5.60 Å². The Morgan fingerprint density at radius 3 is 3.08 bits per heavy atom. The van der Waals surface area contributed by atoms with Gasteiger partial charge >= 0.3 is 0 Å². The highest BCUT2D eigenvalue weighted by Crippen LogP contribution is 2.29. The van der Waals surface area contributed by atoms with Crippen LogP contribution in [0.2, 0.25) is 0 Å². The number of nitrogens with one attached hydrogen (secondary N) is 1. The van der Waals surface area contributed by atoms with E-state index in [1.54, 1.807) is 0 Å². The summed E-state index contributed by atoms with van der Waals surface area (Å²) in [4.78, 5) is 0. The Kier molecular flexibility index (Phi) is 3.77. The molecule has 0 spiro atoms. The lowest BCUT2D eigenvalue weighted by Crippen LogP contribution is -2.48. The molecular formula is C11H19NO. The molecule has 0 aromatic rings. The number of hydrogen-bond donors (Lipinski definition) is 2. The van der Waals surface area contributed by atoms with Crippen LogP contribution < -0.4 is 5.32 Å². The smallest absolute Gasteiger partial charge is 0.0697 e. The largest absolute Gasteiger partial charge is 0.390 e. The summed E-state index contributed by atoms with van der Waals surface area (Å²) in [7, 11) is 0. The van der Waals surface area contributed by atoms with Gasteiger partial charge in [0.05, 0.1) is 5.60 Å². The van der Waals surface area contributed by atoms with Crippen molar-refractivity contribution in [3.05, 3.63) is 0 Å². The van der Waals surface area contributed by atoms with Crippen LogP contribution in [0.1, 0.15) is 32.6 Å². The first-order chi connectivity index (χ1) is 6.19. The molecule has 0 aromatic carbocycles. The summed E-state index contributed by atoms with van der Waals surface area (Å²) in [5.41, 5.74) is -0.470. The van der Waals surface area contributed by atoms with Crippen molar-refractivity contribution >= 4 is 0 Å². The molecule has 2 unspecified atom stereocenters. The predicted molar refractivity (Wildman–Crippen MR) is 54.3 cm³/mol. The second kappa shape index (κ2) is 4.64. The Labute approximate surface area is 80.7 Å². The van der Waals surface area contributed by atoms with E-state index in [0.717, 1.165) is 38.8 Å². The molecule has 2 heteroatoms. The summed E-state index contributed by atoms with van der Waals surface area (Å²) < 4.78 is 0. The topological polar surface area (TPSA) is 32.3 Å². The highest BCUT2D eigenvalue weighted by atomic mass is 16.3. The van der Waals surface area contributed by atoms with Crippen LogP contribution in [0.4, 0.5) is 0 Å². The van der Waals surface area contributed by atoms with Crippen molar-refractivity contribution in [2.24, 2.45) is 5.92 Å². The van der Waals surface area contributed by atoms with Gasteiger partial charge in [0.1, 0.15) is 0 Å². The maximum absolute atomic E-state index is 10.3. The zero-order valence-electron chi connectivity index (χ0n) is 8.34. The molecule has 0 amide bonds. The van der Waals surface area contributed by atoms with Gasteiger partial charge in [-0.3, -0.25) is 0 Å². The average Bonchev–Trinajstić information content (AvgIpc) is 2.11. The standard InChI is InChI=1S/C11H19NO/c1-3-4-5-6-11(13)7-8-12-9-10(11)2/h1,10,12-13H,4-9H2,2H3. The summed E-state index contributed by atoms with van der Waals surface area (Å²) in [6.07, 6.45) is 8.61. The van der Waals surface area contributed by atoms with E-state index in [0.29, 0.717) is 5.92 Å². The third-order valence-electron chi connectivity index (χ3n) is 3.03. The Bertz CT molecular complexity index is 197. The Balaban J connectivity index is 2.38. The van der Waals surface area contributed by atoms with Gasteiger partial charge in [0.15, 0.2) is 0 Å². The summed E-state index contributed by atoms with van der Waals surface area (Å²) in [6.45, 7) is 3.95. The first kappa shape index (κ1) is 10.6. The van der Waals surface area contributed by atoms with Gasteiger partial charge in [-0.1, -0.05) is 6.92 Å². The van der Waals surface area contributed by atoms with Crippen LogP contribution >= 0.6 is 0 Å². The highest BCUT2D eigenvalue weighted by molar-refractivity contribution is 4.91. The Hall–Kier alpha value is -0.520. The highest BCUT2D eigenvalue weighted by Gasteiger charge is 2.34. The number of hydrogen-bond acceptors (Lipinski definition) is 2. The van der Waals surface area contributed by atoms with Crippen LogP contribution in [0, 0.1) is 18.3 Å². The van der Waals surface area contributed by atoms with E-state index in [1.165, 1.54) is 0 Å². The molecule has 2 atom stereocenters. The van der Waals surface area contributed by atoms with Crippen LogP contribution in [0.5, 0.6) is 0 Å². The summed E-state index contributed by atoms with van der Waals surface area (Å²) in [5.74, 6) is 2.96. The molecule has 1 heterocycles. The monoisotopic (exact) mass is 181 g/mol. The fourth-order valence-electron chi connectivity index (χ4n) is 1.93. The Morgan fingerprint density at radius 1 is 1.69 bits per heavy atom. The molecular weight excluding hydrogens is 162 g/mol. The van der Waals surface area contributed by atoms with Crippen LogP contribution in [-0.4, -0.2) is 23.8 Å². The first-order valence-corrected chi connectivity index (χ1v) is 5.05. The molecule has 1 fully saturated rings. The summed E-state index contributed by atoms with van der Waals surface area (Å²) in [6, 6.07) is 0. The van der Waals surface area contributed by atoms with Crippen LogP contribution in [0.15, 0.2) is 0 Å². The van der Waals surface area contributed by atoms with Gasteiger partial charge in [0.25, 0.3) is 0 Å². The van der Waals surface area contributed by atoms with Gasteiger partial charge < -0.3 is 10.4 Å². The fourth-order valence-corrected chi connectivity index (χ4v) is 1.93. The quantitative estimate of drug-likeness (QED) is 0.505. The molecule has 0 radical (unpaired) electrons. The van der Waals surface area contributed by atoms with E-state index in [9.17, 15) is 5.11 Å². The lowest BCUT2D eigenvalue weighted by Gasteiger charge is -2.38. The maximum Gasteiger partial charge on any atom is 0.0697 e. The van der Waals surface area contributed by atoms with Gasteiger partial charge in [-0.05, 0) is 31.7 Å². The van der Waals surface area contributed by atoms with Crippen LogP contribution in [-0.2, 0) is 0 Å². The molecule has 2 N–H and O–H groups in total. The molecule has 1 rings (SSSR count). The van der Waals surface area contributed by atoms with Crippen molar-refractivity contribution in [2.75, 3.05) is 13.1 Å². The molecule has 0 saturated carbocycles. The van der Waals surface area contributed by atoms with Crippen molar-refractivity contribution in [3.63, 3.8) is 0 Å². The summed E-state index contributed by atoms with van der Waals surface area (Å²) >= 11 is 0. The number of terminal acetylenes is 1. The molecule has 1 aliphatic heterocycles. The van der Waals surface area contributed by atoms with Gasteiger partial charge in [0, 0.05) is 13.0 Å².